The molecule has 0 saturated heterocycles. The van der Waals surface area contributed by atoms with Crippen LogP contribution >= 0.6 is 0 Å². The second kappa shape index (κ2) is 9.07. The number of carbonyl (C=O) groups excluding carboxylic acids is 2. The molecule has 0 aliphatic carbocycles. The van der Waals surface area contributed by atoms with E-state index in [1.165, 1.54) is 6.07 Å². The third-order valence-corrected chi connectivity index (χ3v) is 2.83. The minimum atomic E-state index is -0.343. The molecule has 5 nitrogen and oxygen atoms in total. The van der Waals surface area contributed by atoms with Crippen molar-refractivity contribution in [2.75, 3.05) is 26.7 Å². The topological polar surface area (TPSA) is 61.4 Å². The molecule has 2 N–H and O–H groups in total. The van der Waals surface area contributed by atoms with Crippen LogP contribution in [0.1, 0.15) is 18.9 Å². The number of benzene rings is 1. The Kier molecular flexibility index (Phi) is 7.39. The van der Waals surface area contributed by atoms with Crippen LogP contribution in [0.3, 0.4) is 0 Å². The van der Waals surface area contributed by atoms with E-state index < -0.39 is 0 Å². The van der Waals surface area contributed by atoms with E-state index in [0.29, 0.717) is 12.1 Å². The Morgan fingerprint density at radius 3 is 2.38 bits per heavy atom. The van der Waals surface area contributed by atoms with Crippen molar-refractivity contribution >= 4 is 11.8 Å². The molecule has 2 amide bonds. The molecule has 0 aliphatic rings. The van der Waals surface area contributed by atoms with Gasteiger partial charge in [-0.05, 0) is 19.5 Å². The molecule has 0 bridgehead atoms. The fourth-order valence-corrected chi connectivity index (χ4v) is 1.76. The lowest BCUT2D eigenvalue weighted by atomic mass is 10.2. The van der Waals surface area contributed by atoms with Gasteiger partial charge in [0, 0.05) is 18.7 Å². The van der Waals surface area contributed by atoms with E-state index in [-0.39, 0.29) is 37.3 Å². The molecule has 0 fully saturated rings. The van der Waals surface area contributed by atoms with Gasteiger partial charge in [0.1, 0.15) is 5.82 Å². The van der Waals surface area contributed by atoms with Crippen molar-refractivity contribution in [2.45, 2.75) is 19.9 Å². The second-order valence-electron chi connectivity index (χ2n) is 4.89. The van der Waals surface area contributed by atoms with Gasteiger partial charge in [-0.1, -0.05) is 25.1 Å². The Balaban J connectivity index is 2.30. The molecular weight excluding hydrogens is 273 g/mol. The standard InChI is InChI=1S/C15H22FN3O2/c1-3-8-17-14(20)10-19(2)11-15(21)18-9-12-6-4-5-7-13(12)16/h4-7H,3,8-11H2,1-2H3,(H,17,20)(H,18,21). The predicted molar refractivity (Wildman–Crippen MR) is 79.0 cm³/mol. The van der Waals surface area contributed by atoms with Crippen LogP contribution in [0.5, 0.6) is 0 Å². The van der Waals surface area contributed by atoms with Crippen LogP contribution in [-0.4, -0.2) is 43.4 Å². The molecule has 1 rings (SSSR count). The summed E-state index contributed by atoms with van der Waals surface area (Å²) in [7, 11) is 1.69. The molecule has 0 aliphatic heterocycles. The van der Waals surface area contributed by atoms with E-state index in [4.69, 9.17) is 0 Å². The number of amides is 2. The van der Waals surface area contributed by atoms with Crippen molar-refractivity contribution in [3.8, 4) is 0 Å². The molecule has 0 spiro atoms. The summed E-state index contributed by atoms with van der Waals surface area (Å²) >= 11 is 0. The highest BCUT2D eigenvalue weighted by atomic mass is 19.1. The maximum atomic E-state index is 13.4. The summed E-state index contributed by atoms with van der Waals surface area (Å²) in [4.78, 5) is 24.8. The lowest BCUT2D eigenvalue weighted by molar-refractivity contribution is -0.124. The van der Waals surface area contributed by atoms with E-state index in [2.05, 4.69) is 10.6 Å². The highest BCUT2D eigenvalue weighted by Crippen LogP contribution is 2.05. The first-order valence-electron chi connectivity index (χ1n) is 6.98. The van der Waals surface area contributed by atoms with Gasteiger partial charge in [0.15, 0.2) is 0 Å². The number of nitrogens with zero attached hydrogens (tertiary/aromatic N) is 1. The lowest BCUT2D eigenvalue weighted by Crippen LogP contribution is -2.40. The van der Waals surface area contributed by atoms with Crippen molar-refractivity contribution in [1.82, 2.24) is 15.5 Å². The van der Waals surface area contributed by atoms with E-state index in [9.17, 15) is 14.0 Å². The molecule has 21 heavy (non-hydrogen) atoms. The van der Waals surface area contributed by atoms with Gasteiger partial charge in [-0.25, -0.2) is 4.39 Å². The summed E-state index contributed by atoms with van der Waals surface area (Å²) in [5.74, 6) is -0.699. The van der Waals surface area contributed by atoms with E-state index >= 15 is 0 Å². The number of rotatable bonds is 8. The van der Waals surface area contributed by atoms with E-state index in [1.807, 2.05) is 6.92 Å². The molecule has 1 aromatic carbocycles. The van der Waals surface area contributed by atoms with Gasteiger partial charge in [-0.3, -0.25) is 14.5 Å². The van der Waals surface area contributed by atoms with Crippen LogP contribution in [0.2, 0.25) is 0 Å². The Hall–Kier alpha value is -1.95. The zero-order chi connectivity index (χ0) is 15.7. The largest absolute Gasteiger partial charge is 0.355 e. The zero-order valence-corrected chi connectivity index (χ0v) is 12.5. The first-order chi connectivity index (χ1) is 10.0. The third-order valence-electron chi connectivity index (χ3n) is 2.83. The molecule has 0 atom stereocenters. The number of likely N-dealkylation sites (N-methyl/N-ethyl adjacent to an activating group) is 1. The van der Waals surface area contributed by atoms with Crippen LogP contribution < -0.4 is 10.6 Å². The fraction of sp³-hybridized carbons (Fsp3) is 0.467. The Bertz CT molecular complexity index is 480. The summed E-state index contributed by atoms with van der Waals surface area (Å²) in [6.45, 7) is 2.99. The maximum absolute atomic E-state index is 13.4. The molecule has 116 valence electrons. The van der Waals surface area contributed by atoms with Crippen molar-refractivity contribution in [1.29, 1.82) is 0 Å². The maximum Gasteiger partial charge on any atom is 0.234 e. The number of carbonyl (C=O) groups is 2. The first-order valence-corrected chi connectivity index (χ1v) is 6.98. The second-order valence-corrected chi connectivity index (χ2v) is 4.89. The summed E-state index contributed by atoms with van der Waals surface area (Å²) < 4.78 is 13.4. The summed E-state index contributed by atoms with van der Waals surface area (Å²) in [5, 5.41) is 5.37. The van der Waals surface area contributed by atoms with Crippen molar-refractivity contribution in [2.24, 2.45) is 0 Å². The zero-order valence-electron chi connectivity index (χ0n) is 12.5. The Morgan fingerprint density at radius 2 is 1.76 bits per heavy atom. The number of halogens is 1. The van der Waals surface area contributed by atoms with Crippen LogP contribution in [0.4, 0.5) is 4.39 Å². The fourth-order valence-electron chi connectivity index (χ4n) is 1.76. The average Bonchev–Trinajstić information content (AvgIpc) is 2.44. The number of hydrogen-bond acceptors (Lipinski definition) is 3. The predicted octanol–water partition coefficient (Wildman–Crippen LogP) is 0.900. The van der Waals surface area contributed by atoms with Gasteiger partial charge in [0.2, 0.25) is 11.8 Å². The van der Waals surface area contributed by atoms with Crippen LogP contribution in [0.15, 0.2) is 24.3 Å². The highest BCUT2D eigenvalue weighted by molar-refractivity contribution is 5.81. The molecule has 0 aromatic heterocycles. The molecule has 0 heterocycles. The quantitative estimate of drug-likeness (QED) is 0.749. The molecule has 1 aromatic rings. The third kappa shape index (κ3) is 6.85. The van der Waals surface area contributed by atoms with Crippen molar-refractivity contribution in [3.63, 3.8) is 0 Å². The van der Waals surface area contributed by atoms with Gasteiger partial charge < -0.3 is 10.6 Å². The van der Waals surface area contributed by atoms with Crippen molar-refractivity contribution < 1.29 is 14.0 Å². The first kappa shape index (κ1) is 17.1. The summed E-state index contributed by atoms with van der Waals surface area (Å²) in [5.41, 5.74) is 0.439. The van der Waals surface area contributed by atoms with Crippen LogP contribution in [0, 0.1) is 5.82 Å². The molecule has 0 unspecified atom stereocenters. The minimum Gasteiger partial charge on any atom is -0.355 e. The SMILES string of the molecule is CCCNC(=O)CN(C)CC(=O)NCc1ccccc1F. The molecule has 0 saturated carbocycles. The lowest BCUT2D eigenvalue weighted by Gasteiger charge is -2.16. The van der Waals surface area contributed by atoms with Crippen molar-refractivity contribution in [3.05, 3.63) is 35.6 Å². The number of nitrogens with one attached hydrogen (secondary N) is 2. The Morgan fingerprint density at radius 1 is 1.14 bits per heavy atom. The van der Waals surface area contributed by atoms with Crippen LogP contribution in [0.25, 0.3) is 0 Å². The molecule has 6 heteroatoms. The van der Waals surface area contributed by atoms with Gasteiger partial charge in [-0.2, -0.15) is 0 Å². The highest BCUT2D eigenvalue weighted by Gasteiger charge is 2.10. The van der Waals surface area contributed by atoms with Gasteiger partial charge >= 0.3 is 0 Å². The average molecular weight is 295 g/mol. The van der Waals surface area contributed by atoms with Gasteiger partial charge in [0.25, 0.3) is 0 Å². The normalized spacial score (nSPS) is 10.5. The summed E-state index contributed by atoms with van der Waals surface area (Å²) in [6, 6.07) is 6.29. The van der Waals surface area contributed by atoms with Gasteiger partial charge in [-0.15, -0.1) is 0 Å². The smallest absolute Gasteiger partial charge is 0.234 e. The van der Waals surface area contributed by atoms with Crippen LogP contribution in [-0.2, 0) is 16.1 Å². The van der Waals surface area contributed by atoms with Gasteiger partial charge in [0.05, 0.1) is 13.1 Å². The van der Waals surface area contributed by atoms with E-state index in [1.54, 1.807) is 30.1 Å². The van der Waals surface area contributed by atoms with E-state index in [0.717, 1.165) is 6.42 Å². The summed E-state index contributed by atoms with van der Waals surface area (Å²) in [6.07, 6.45) is 0.874. The Labute approximate surface area is 124 Å². The minimum absolute atomic E-state index is 0.0913. The molecule has 0 radical (unpaired) electrons. The monoisotopic (exact) mass is 295 g/mol. The number of hydrogen-bond donors (Lipinski definition) is 2. The molecular formula is C15H22FN3O2.